The van der Waals surface area contributed by atoms with E-state index in [4.69, 9.17) is 4.74 Å². The summed E-state index contributed by atoms with van der Waals surface area (Å²) in [7, 11) is 0. The van der Waals surface area contributed by atoms with Gasteiger partial charge >= 0.3 is 5.82 Å². The third-order valence-electron chi connectivity index (χ3n) is 3.14. The lowest BCUT2D eigenvalue weighted by atomic mass is 10.00. The number of aliphatic hydroxyl groups is 1. The minimum absolute atomic E-state index is 0.170. The number of hydrogen-bond acceptors (Lipinski definition) is 6. The molecule has 1 aromatic heterocycles. The molecule has 2 rings (SSSR count). The Hall–Kier alpha value is -1.73. The zero-order valence-electron chi connectivity index (χ0n) is 10.9. The third kappa shape index (κ3) is 3.18. The number of morpholine rings is 1. The predicted octanol–water partition coefficient (Wildman–Crippen LogP) is 0.966. The fourth-order valence-corrected chi connectivity index (χ4v) is 1.98. The number of nitro groups is 1. The molecule has 7 nitrogen and oxygen atoms in total. The number of hydrogen-bond donors (Lipinski definition) is 1. The van der Waals surface area contributed by atoms with Gasteiger partial charge in [0, 0.05) is 19.2 Å². The molecule has 1 atom stereocenters. The van der Waals surface area contributed by atoms with Crippen LogP contribution in [-0.2, 0) is 4.74 Å². The van der Waals surface area contributed by atoms with Crippen molar-refractivity contribution in [1.29, 1.82) is 0 Å². The van der Waals surface area contributed by atoms with E-state index in [1.165, 1.54) is 12.3 Å². The first-order chi connectivity index (χ1) is 8.88. The van der Waals surface area contributed by atoms with Crippen molar-refractivity contribution < 1.29 is 14.8 Å². The van der Waals surface area contributed by atoms with Crippen LogP contribution in [0.1, 0.15) is 13.8 Å². The first-order valence-corrected chi connectivity index (χ1v) is 6.07. The molecule has 0 radical (unpaired) electrons. The Balaban J connectivity index is 2.11. The minimum atomic E-state index is -0.924. The summed E-state index contributed by atoms with van der Waals surface area (Å²) in [5.41, 5.74) is -0.129. The highest BCUT2D eigenvalue weighted by molar-refractivity contribution is 5.47. The molecule has 1 aliphatic rings. The van der Waals surface area contributed by atoms with Gasteiger partial charge < -0.3 is 24.9 Å². The number of pyridine rings is 1. The Morgan fingerprint density at radius 1 is 1.58 bits per heavy atom. The van der Waals surface area contributed by atoms with Crippen LogP contribution in [0.4, 0.5) is 11.5 Å². The predicted molar refractivity (Wildman–Crippen MR) is 69.1 cm³/mol. The van der Waals surface area contributed by atoms with Gasteiger partial charge in [0.25, 0.3) is 0 Å². The first-order valence-electron chi connectivity index (χ1n) is 6.07. The molecule has 0 bridgehead atoms. The molecule has 1 fully saturated rings. The summed E-state index contributed by atoms with van der Waals surface area (Å²) < 4.78 is 5.54. The second-order valence-electron chi connectivity index (χ2n) is 5.09. The molecule has 1 aliphatic heterocycles. The van der Waals surface area contributed by atoms with Crippen LogP contribution in [0.5, 0.6) is 0 Å². The normalized spacial score (nSPS) is 20.4. The molecule has 1 N–H and O–H groups in total. The summed E-state index contributed by atoms with van der Waals surface area (Å²) in [6.07, 6.45) is 1.18. The average molecular weight is 267 g/mol. The Morgan fingerprint density at radius 3 is 2.84 bits per heavy atom. The molecule has 1 aromatic rings. The smallest absolute Gasteiger partial charge is 0.363 e. The molecular formula is C12H17N3O4. The van der Waals surface area contributed by atoms with E-state index in [0.717, 1.165) is 5.69 Å². The topological polar surface area (TPSA) is 88.7 Å². The summed E-state index contributed by atoms with van der Waals surface area (Å²) in [6, 6.07) is 3.04. The van der Waals surface area contributed by atoms with Crippen LogP contribution in [0.25, 0.3) is 0 Å². The van der Waals surface area contributed by atoms with E-state index in [1.54, 1.807) is 19.9 Å². The quantitative estimate of drug-likeness (QED) is 0.648. The number of nitrogens with zero attached hydrogens (tertiary/aromatic N) is 3. The van der Waals surface area contributed by atoms with Gasteiger partial charge in [0.15, 0.2) is 6.20 Å². The molecule has 104 valence electrons. The molecule has 19 heavy (non-hydrogen) atoms. The van der Waals surface area contributed by atoms with E-state index in [-0.39, 0.29) is 11.9 Å². The minimum Gasteiger partial charge on any atom is -0.388 e. The summed E-state index contributed by atoms with van der Waals surface area (Å²) in [5, 5.41) is 20.5. The molecule has 0 spiro atoms. The van der Waals surface area contributed by atoms with Gasteiger partial charge in [-0.2, -0.15) is 0 Å². The fraction of sp³-hybridized carbons (Fsp3) is 0.583. The zero-order chi connectivity index (χ0) is 14.0. The molecule has 0 saturated carbocycles. The van der Waals surface area contributed by atoms with Gasteiger partial charge in [-0.15, -0.1) is 0 Å². The molecule has 2 heterocycles. The number of rotatable bonds is 3. The largest absolute Gasteiger partial charge is 0.388 e. The van der Waals surface area contributed by atoms with Crippen LogP contribution in [0.3, 0.4) is 0 Å². The first kappa shape index (κ1) is 13.7. The maximum atomic E-state index is 10.5. The van der Waals surface area contributed by atoms with Crippen molar-refractivity contribution in [1.82, 2.24) is 4.98 Å². The van der Waals surface area contributed by atoms with Crippen LogP contribution in [0.15, 0.2) is 18.3 Å². The van der Waals surface area contributed by atoms with Crippen molar-refractivity contribution in [3.63, 3.8) is 0 Å². The summed E-state index contributed by atoms with van der Waals surface area (Å²) in [6.45, 7) is 5.12. The number of ether oxygens (including phenoxy) is 1. The van der Waals surface area contributed by atoms with Crippen LogP contribution >= 0.6 is 0 Å². The maximum Gasteiger partial charge on any atom is 0.363 e. The van der Waals surface area contributed by atoms with Crippen molar-refractivity contribution in [3.8, 4) is 0 Å². The summed E-state index contributed by atoms with van der Waals surface area (Å²) in [4.78, 5) is 15.8. The second-order valence-corrected chi connectivity index (χ2v) is 5.09. The highest BCUT2D eigenvalue weighted by Gasteiger charge is 2.32. The van der Waals surface area contributed by atoms with Gasteiger partial charge in [0.1, 0.15) is 6.10 Å². The number of anilines is 1. The average Bonchev–Trinajstić information content (AvgIpc) is 2.38. The molecule has 1 saturated heterocycles. The molecule has 0 unspecified atom stereocenters. The lowest BCUT2D eigenvalue weighted by Crippen LogP contribution is -2.52. The molecule has 7 heteroatoms. The number of aromatic nitrogens is 1. The van der Waals surface area contributed by atoms with Crippen LogP contribution < -0.4 is 4.90 Å². The van der Waals surface area contributed by atoms with Crippen LogP contribution in [0, 0.1) is 10.1 Å². The Bertz CT molecular complexity index is 455. The van der Waals surface area contributed by atoms with Crippen LogP contribution in [0.2, 0.25) is 0 Å². The van der Waals surface area contributed by atoms with Crippen molar-refractivity contribution in [3.05, 3.63) is 28.4 Å². The van der Waals surface area contributed by atoms with Crippen molar-refractivity contribution in [2.75, 3.05) is 24.6 Å². The molecule has 0 amide bonds. The lowest BCUT2D eigenvalue weighted by Gasteiger charge is -2.39. The van der Waals surface area contributed by atoms with E-state index in [9.17, 15) is 15.2 Å². The zero-order valence-corrected chi connectivity index (χ0v) is 10.9. The standard InChI is InChI=1S/C12H17N3O4/c1-12(2,16)10-8-14(5-6-19-10)9-3-4-11(13-7-9)15(17)18/h3-4,7,10,16H,5-6,8H2,1-2H3/t10-/m0/s1. The summed E-state index contributed by atoms with van der Waals surface area (Å²) in [5.74, 6) is -0.170. The SMILES string of the molecule is CC(C)(O)[C@@H]1CN(c2ccc([N+](=O)[O-])nc2)CCO1. The Kier molecular flexibility index (Phi) is 3.68. The van der Waals surface area contributed by atoms with Crippen molar-refractivity contribution >= 4 is 11.5 Å². The van der Waals surface area contributed by atoms with Crippen molar-refractivity contribution in [2.45, 2.75) is 25.6 Å². The second kappa shape index (κ2) is 5.10. The Labute approximate surface area is 111 Å². The van der Waals surface area contributed by atoms with Gasteiger partial charge in [0.2, 0.25) is 0 Å². The van der Waals surface area contributed by atoms with Crippen LogP contribution in [-0.4, -0.2) is 46.4 Å². The Morgan fingerprint density at radius 2 is 2.32 bits per heavy atom. The van der Waals surface area contributed by atoms with Gasteiger partial charge in [-0.25, -0.2) is 0 Å². The monoisotopic (exact) mass is 267 g/mol. The molecule has 0 aliphatic carbocycles. The van der Waals surface area contributed by atoms with E-state index in [1.807, 2.05) is 4.90 Å². The lowest BCUT2D eigenvalue weighted by molar-refractivity contribution is -0.389. The van der Waals surface area contributed by atoms with E-state index >= 15 is 0 Å². The summed E-state index contributed by atoms with van der Waals surface area (Å²) >= 11 is 0. The van der Waals surface area contributed by atoms with Gasteiger partial charge in [0.05, 0.1) is 17.9 Å². The maximum absolute atomic E-state index is 10.5. The molecular weight excluding hydrogens is 250 g/mol. The van der Waals surface area contributed by atoms with Gasteiger partial charge in [-0.3, -0.25) is 0 Å². The fourth-order valence-electron chi connectivity index (χ4n) is 1.98. The van der Waals surface area contributed by atoms with Crippen molar-refractivity contribution in [2.24, 2.45) is 0 Å². The van der Waals surface area contributed by atoms with E-state index < -0.39 is 10.5 Å². The molecule has 0 aromatic carbocycles. The van der Waals surface area contributed by atoms with Gasteiger partial charge in [-0.1, -0.05) is 0 Å². The van der Waals surface area contributed by atoms with E-state index in [0.29, 0.717) is 19.7 Å². The highest BCUT2D eigenvalue weighted by atomic mass is 16.6. The van der Waals surface area contributed by atoms with E-state index in [2.05, 4.69) is 4.98 Å². The van der Waals surface area contributed by atoms with Gasteiger partial charge in [-0.05, 0) is 29.8 Å². The highest BCUT2D eigenvalue weighted by Crippen LogP contribution is 2.23. The third-order valence-corrected chi connectivity index (χ3v) is 3.14.